The van der Waals surface area contributed by atoms with Gasteiger partial charge in [0.2, 0.25) is 15.9 Å². The number of imide groups is 1. The summed E-state index contributed by atoms with van der Waals surface area (Å²) in [6.45, 7) is 6.79. The molecule has 154 valence electrons. The number of sulfonamides is 1. The third-order valence-corrected chi connectivity index (χ3v) is 5.83. The molecule has 0 spiro atoms. The second-order valence-corrected chi connectivity index (χ2v) is 8.92. The van der Waals surface area contributed by atoms with Crippen LogP contribution in [0.5, 0.6) is 0 Å². The van der Waals surface area contributed by atoms with Crippen molar-refractivity contribution in [2.24, 2.45) is 0 Å². The molecule has 1 aliphatic rings. The summed E-state index contributed by atoms with van der Waals surface area (Å²) in [6.07, 6.45) is 0. The number of urea groups is 2. The van der Waals surface area contributed by atoms with Crippen molar-refractivity contribution in [2.75, 3.05) is 11.9 Å². The molecule has 0 bridgehead atoms. The zero-order chi connectivity index (χ0) is 21.2. The first-order valence-corrected chi connectivity index (χ1v) is 10.2. The maximum absolute atomic E-state index is 14.0. The van der Waals surface area contributed by atoms with Crippen molar-refractivity contribution in [3.63, 3.8) is 0 Å². The lowest BCUT2D eigenvalue weighted by atomic mass is 9.92. The standard InChI is InChI=1S/C17H23FN4O5S/c1-8(2)11-5-10(18)6-12(9(3)4)14(11)20-17(25)22-28(26,27)13-7-19-16(24)21-15(13)23/h5-6,8-9,13H,7H2,1-4H3,(H2,20,22,25)(H2,19,21,23,24). The van der Waals surface area contributed by atoms with Gasteiger partial charge in [-0.2, -0.15) is 0 Å². The van der Waals surface area contributed by atoms with Crippen LogP contribution in [0.1, 0.15) is 50.7 Å². The van der Waals surface area contributed by atoms with E-state index in [1.807, 2.05) is 33.0 Å². The number of carbonyl (C=O) groups excluding carboxylic acids is 3. The summed E-state index contributed by atoms with van der Waals surface area (Å²) in [7, 11) is -4.41. The first kappa shape index (κ1) is 21.6. The summed E-state index contributed by atoms with van der Waals surface area (Å²) in [6, 6.07) is 0.672. The summed E-state index contributed by atoms with van der Waals surface area (Å²) in [4.78, 5) is 35.2. The Morgan fingerprint density at radius 1 is 1.14 bits per heavy atom. The summed E-state index contributed by atoms with van der Waals surface area (Å²) in [5, 5.41) is 4.83. The molecule has 1 unspecified atom stereocenters. The topological polar surface area (TPSA) is 133 Å². The molecule has 0 saturated carbocycles. The van der Waals surface area contributed by atoms with Crippen LogP contribution in [0.15, 0.2) is 12.1 Å². The second kappa shape index (κ2) is 8.13. The fourth-order valence-corrected chi connectivity index (χ4v) is 3.90. The van der Waals surface area contributed by atoms with E-state index in [1.54, 1.807) is 4.72 Å². The summed E-state index contributed by atoms with van der Waals surface area (Å²) >= 11 is 0. The highest BCUT2D eigenvalue weighted by molar-refractivity contribution is 7.91. The maximum Gasteiger partial charge on any atom is 0.332 e. The molecule has 0 radical (unpaired) electrons. The molecule has 1 atom stereocenters. The highest BCUT2D eigenvalue weighted by atomic mass is 32.2. The van der Waals surface area contributed by atoms with E-state index >= 15 is 0 Å². The molecule has 2 rings (SSSR count). The Labute approximate surface area is 162 Å². The van der Waals surface area contributed by atoms with E-state index in [9.17, 15) is 27.2 Å². The largest absolute Gasteiger partial charge is 0.336 e. The quantitative estimate of drug-likeness (QED) is 0.582. The van der Waals surface area contributed by atoms with Gasteiger partial charge >= 0.3 is 12.1 Å². The number of hydrogen-bond donors (Lipinski definition) is 4. The van der Waals surface area contributed by atoms with Crippen LogP contribution in [0.2, 0.25) is 0 Å². The molecule has 5 amide bonds. The number of rotatable bonds is 5. The van der Waals surface area contributed by atoms with Crippen LogP contribution >= 0.6 is 0 Å². The van der Waals surface area contributed by atoms with Gasteiger partial charge in [0.1, 0.15) is 5.82 Å². The van der Waals surface area contributed by atoms with Gasteiger partial charge in [-0.3, -0.25) is 10.1 Å². The Bertz CT molecular complexity index is 885. The lowest BCUT2D eigenvalue weighted by Crippen LogP contribution is -2.60. The van der Waals surface area contributed by atoms with E-state index in [0.717, 1.165) is 0 Å². The maximum atomic E-state index is 14.0. The second-order valence-electron chi connectivity index (χ2n) is 7.06. The minimum atomic E-state index is -4.41. The van der Waals surface area contributed by atoms with Gasteiger partial charge in [0, 0.05) is 12.2 Å². The van der Waals surface area contributed by atoms with Crippen LogP contribution in [0.4, 0.5) is 19.7 Å². The molecule has 1 aromatic rings. The van der Waals surface area contributed by atoms with Crippen LogP contribution in [-0.4, -0.2) is 38.2 Å². The lowest BCUT2D eigenvalue weighted by Gasteiger charge is -2.23. The third kappa shape index (κ3) is 4.77. The van der Waals surface area contributed by atoms with Crippen LogP contribution in [-0.2, 0) is 14.8 Å². The van der Waals surface area contributed by atoms with Crippen LogP contribution in [0, 0.1) is 5.82 Å². The Balaban J connectivity index is 2.28. The van der Waals surface area contributed by atoms with Gasteiger partial charge in [0.05, 0.1) is 0 Å². The average molecular weight is 414 g/mol. The molecule has 0 aromatic heterocycles. The number of amides is 5. The molecule has 11 heteroatoms. The van der Waals surface area contributed by atoms with Crippen molar-refractivity contribution in [1.29, 1.82) is 0 Å². The number of hydrogen-bond acceptors (Lipinski definition) is 5. The normalized spacial score (nSPS) is 17.3. The van der Waals surface area contributed by atoms with Gasteiger partial charge in [-0.1, -0.05) is 27.7 Å². The highest BCUT2D eigenvalue weighted by Crippen LogP contribution is 2.33. The summed E-state index contributed by atoms with van der Waals surface area (Å²) in [5.74, 6) is -1.77. The average Bonchev–Trinajstić information content (AvgIpc) is 2.54. The smallest absolute Gasteiger partial charge is 0.332 e. The number of carbonyl (C=O) groups is 3. The van der Waals surface area contributed by atoms with Crippen molar-refractivity contribution in [1.82, 2.24) is 15.4 Å². The monoisotopic (exact) mass is 414 g/mol. The van der Waals surface area contributed by atoms with Gasteiger partial charge < -0.3 is 10.6 Å². The SMILES string of the molecule is CC(C)c1cc(F)cc(C(C)C)c1NC(=O)NS(=O)(=O)C1CNC(=O)NC1=O. The Kier molecular flexibility index (Phi) is 6.27. The van der Waals surface area contributed by atoms with Crippen molar-refractivity contribution in [2.45, 2.75) is 44.8 Å². The molecular formula is C17H23FN4O5S. The zero-order valence-electron chi connectivity index (χ0n) is 15.9. The molecule has 1 aliphatic heterocycles. The Morgan fingerprint density at radius 3 is 2.14 bits per heavy atom. The van der Waals surface area contributed by atoms with Gasteiger partial charge in [-0.15, -0.1) is 0 Å². The van der Waals surface area contributed by atoms with Crippen LogP contribution < -0.4 is 20.7 Å². The van der Waals surface area contributed by atoms with E-state index in [1.165, 1.54) is 12.1 Å². The predicted octanol–water partition coefficient (Wildman–Crippen LogP) is 1.73. The minimum absolute atomic E-state index is 0.139. The predicted molar refractivity (Wildman–Crippen MR) is 101 cm³/mol. The van der Waals surface area contributed by atoms with Crippen LogP contribution in [0.25, 0.3) is 0 Å². The molecule has 9 nitrogen and oxygen atoms in total. The van der Waals surface area contributed by atoms with Gasteiger partial charge in [-0.25, -0.2) is 27.1 Å². The minimum Gasteiger partial charge on any atom is -0.336 e. The van der Waals surface area contributed by atoms with E-state index in [4.69, 9.17) is 0 Å². The Morgan fingerprint density at radius 2 is 1.68 bits per heavy atom. The molecular weight excluding hydrogens is 391 g/mol. The van der Waals surface area contributed by atoms with E-state index in [-0.39, 0.29) is 11.8 Å². The zero-order valence-corrected chi connectivity index (χ0v) is 16.7. The summed E-state index contributed by atoms with van der Waals surface area (Å²) < 4.78 is 40.4. The number of benzene rings is 1. The van der Waals surface area contributed by atoms with Crippen molar-refractivity contribution in [3.8, 4) is 0 Å². The van der Waals surface area contributed by atoms with Crippen molar-refractivity contribution >= 4 is 33.7 Å². The van der Waals surface area contributed by atoms with Crippen molar-refractivity contribution in [3.05, 3.63) is 29.1 Å². The molecule has 1 aromatic carbocycles. The number of anilines is 1. The fraction of sp³-hybridized carbons (Fsp3) is 0.471. The van der Waals surface area contributed by atoms with E-state index < -0.39 is 45.6 Å². The third-order valence-electron chi connectivity index (χ3n) is 4.23. The Hall–Kier alpha value is -2.69. The highest BCUT2D eigenvalue weighted by Gasteiger charge is 2.38. The fourth-order valence-electron chi connectivity index (χ4n) is 2.81. The summed E-state index contributed by atoms with van der Waals surface area (Å²) in [5.41, 5.74) is 1.35. The molecule has 0 aliphatic carbocycles. The van der Waals surface area contributed by atoms with Crippen molar-refractivity contribution < 1.29 is 27.2 Å². The van der Waals surface area contributed by atoms with Crippen LogP contribution in [0.3, 0.4) is 0 Å². The lowest BCUT2D eigenvalue weighted by molar-refractivity contribution is -0.120. The van der Waals surface area contributed by atoms with Gasteiger partial charge in [-0.05, 0) is 35.1 Å². The molecule has 4 N–H and O–H groups in total. The number of nitrogens with one attached hydrogen (secondary N) is 4. The molecule has 28 heavy (non-hydrogen) atoms. The number of halogens is 1. The molecule has 1 saturated heterocycles. The molecule has 1 heterocycles. The first-order chi connectivity index (χ1) is 12.9. The van der Waals surface area contributed by atoms with E-state index in [0.29, 0.717) is 16.8 Å². The van der Waals surface area contributed by atoms with E-state index in [2.05, 4.69) is 10.6 Å². The first-order valence-electron chi connectivity index (χ1n) is 8.67. The van der Waals surface area contributed by atoms with Gasteiger partial charge in [0.25, 0.3) is 0 Å². The molecule has 1 fully saturated rings. The van der Waals surface area contributed by atoms with Gasteiger partial charge in [0.15, 0.2) is 5.25 Å².